The van der Waals surface area contributed by atoms with Gasteiger partial charge in [-0.3, -0.25) is 19.7 Å². The smallest absolute Gasteiger partial charge is 0.150 e. The van der Waals surface area contributed by atoms with Crippen LogP contribution in [-0.2, 0) is 22.4 Å². The second-order valence-corrected chi connectivity index (χ2v) is 10.0. The lowest BCUT2D eigenvalue weighted by Gasteiger charge is -2.14. The van der Waals surface area contributed by atoms with E-state index in [1.807, 2.05) is 42.5 Å². The van der Waals surface area contributed by atoms with Crippen LogP contribution in [0.1, 0.15) is 24.0 Å². The van der Waals surface area contributed by atoms with Crippen LogP contribution >= 0.6 is 0 Å². The number of halogens is 1. The Bertz CT molecular complexity index is 1690. The Morgan fingerprint density at radius 1 is 0.875 bits per heavy atom. The lowest BCUT2D eigenvalue weighted by molar-refractivity contribution is -0.133. The van der Waals surface area contributed by atoms with Crippen molar-refractivity contribution in [1.82, 2.24) is 15.2 Å². The SMILES string of the molecule is COc1cc2nccc(Oc3ccc(CC(=O)C4(C(=O)Cc5ccc(F)cc5)CC4)cc3)c2cc1-c1ccn[nH]1. The van der Waals surface area contributed by atoms with E-state index in [4.69, 9.17) is 9.47 Å². The van der Waals surface area contributed by atoms with Crippen LogP contribution in [0.15, 0.2) is 85.2 Å². The van der Waals surface area contributed by atoms with E-state index in [9.17, 15) is 14.0 Å². The summed E-state index contributed by atoms with van der Waals surface area (Å²) in [4.78, 5) is 30.6. The molecule has 1 N–H and O–H groups in total. The molecule has 0 amide bonds. The highest BCUT2D eigenvalue weighted by Gasteiger charge is 2.54. The predicted octanol–water partition coefficient (Wildman–Crippen LogP) is 6.27. The fourth-order valence-corrected chi connectivity index (χ4v) is 4.97. The molecule has 1 saturated carbocycles. The second-order valence-electron chi connectivity index (χ2n) is 10.0. The van der Waals surface area contributed by atoms with Crippen molar-refractivity contribution in [3.63, 3.8) is 0 Å². The summed E-state index contributed by atoms with van der Waals surface area (Å²) in [7, 11) is 1.61. The lowest BCUT2D eigenvalue weighted by Crippen LogP contribution is -2.28. The minimum absolute atomic E-state index is 0.0753. The van der Waals surface area contributed by atoms with Crippen LogP contribution in [0.4, 0.5) is 4.39 Å². The van der Waals surface area contributed by atoms with Crippen LogP contribution in [0.2, 0.25) is 0 Å². The third-order valence-corrected chi connectivity index (χ3v) is 7.43. The van der Waals surface area contributed by atoms with Crippen molar-refractivity contribution in [3.8, 4) is 28.5 Å². The van der Waals surface area contributed by atoms with Crippen LogP contribution in [0.25, 0.3) is 22.2 Å². The average molecular weight is 536 g/mol. The van der Waals surface area contributed by atoms with Crippen LogP contribution in [0.3, 0.4) is 0 Å². The number of rotatable bonds is 10. The molecule has 1 aliphatic carbocycles. The zero-order chi connectivity index (χ0) is 27.7. The number of ketones is 2. The number of H-pyrrole nitrogens is 1. The van der Waals surface area contributed by atoms with Gasteiger partial charge >= 0.3 is 0 Å². The number of aromatic amines is 1. The van der Waals surface area contributed by atoms with Crippen molar-refractivity contribution in [2.24, 2.45) is 5.41 Å². The minimum Gasteiger partial charge on any atom is -0.496 e. The number of carbonyl (C=O) groups is 2. The molecule has 0 unspecified atom stereocenters. The van der Waals surface area contributed by atoms with Gasteiger partial charge in [0.1, 0.15) is 23.1 Å². The Kier molecular flexibility index (Phi) is 6.59. The summed E-state index contributed by atoms with van der Waals surface area (Å²) in [5.74, 6) is 1.38. The Morgan fingerprint density at radius 3 is 2.15 bits per heavy atom. The van der Waals surface area contributed by atoms with Crippen molar-refractivity contribution in [2.75, 3.05) is 7.11 Å². The first-order valence-electron chi connectivity index (χ1n) is 13.0. The molecule has 2 aromatic heterocycles. The van der Waals surface area contributed by atoms with E-state index in [0.29, 0.717) is 35.7 Å². The van der Waals surface area contributed by atoms with Gasteiger partial charge in [0.15, 0.2) is 11.6 Å². The van der Waals surface area contributed by atoms with Crippen LogP contribution in [0.5, 0.6) is 17.2 Å². The number of hydrogen-bond donors (Lipinski definition) is 1. The van der Waals surface area contributed by atoms with E-state index >= 15 is 0 Å². The molecule has 8 heteroatoms. The fraction of sp³-hybridized carbons (Fsp3) is 0.188. The number of Topliss-reactive ketones (excluding diaryl/α,β-unsaturated/α-hetero) is 2. The summed E-state index contributed by atoms with van der Waals surface area (Å²) in [6.07, 6.45) is 4.78. The van der Waals surface area contributed by atoms with Gasteiger partial charge in [0.25, 0.3) is 0 Å². The van der Waals surface area contributed by atoms with Crippen molar-refractivity contribution in [1.29, 1.82) is 0 Å². The molecule has 200 valence electrons. The molecule has 0 atom stereocenters. The van der Waals surface area contributed by atoms with Crippen molar-refractivity contribution in [3.05, 3.63) is 102 Å². The molecule has 1 fully saturated rings. The Labute approximate surface area is 230 Å². The third kappa shape index (κ3) is 4.96. The van der Waals surface area contributed by atoms with Gasteiger partial charge in [-0.05, 0) is 66.4 Å². The molecular formula is C32H26FN3O4. The Balaban J connectivity index is 1.17. The monoisotopic (exact) mass is 535 g/mol. The second kappa shape index (κ2) is 10.4. The molecule has 5 aromatic rings. The van der Waals surface area contributed by atoms with E-state index < -0.39 is 5.41 Å². The zero-order valence-corrected chi connectivity index (χ0v) is 21.8. The number of benzene rings is 3. The maximum Gasteiger partial charge on any atom is 0.150 e. The summed E-state index contributed by atoms with van der Waals surface area (Å²) in [6, 6.07) is 20.6. The van der Waals surface area contributed by atoms with Crippen LogP contribution in [-0.4, -0.2) is 33.9 Å². The first kappa shape index (κ1) is 25.4. The van der Waals surface area contributed by atoms with Gasteiger partial charge in [-0.1, -0.05) is 24.3 Å². The maximum atomic E-state index is 13.2. The molecule has 1 aliphatic rings. The molecular weight excluding hydrogens is 509 g/mol. The zero-order valence-electron chi connectivity index (χ0n) is 21.8. The lowest BCUT2D eigenvalue weighted by atomic mass is 9.88. The topological polar surface area (TPSA) is 94.2 Å². The predicted molar refractivity (Wildman–Crippen MR) is 148 cm³/mol. The molecule has 6 rings (SSSR count). The van der Waals surface area contributed by atoms with Crippen molar-refractivity contribution >= 4 is 22.5 Å². The molecule has 0 saturated heterocycles. The van der Waals surface area contributed by atoms with E-state index in [2.05, 4.69) is 15.2 Å². The van der Waals surface area contributed by atoms with Gasteiger partial charge in [0.05, 0.1) is 23.7 Å². The number of fused-ring (bicyclic) bond motifs is 1. The molecule has 3 aromatic carbocycles. The van der Waals surface area contributed by atoms with Gasteiger partial charge < -0.3 is 9.47 Å². The van der Waals surface area contributed by atoms with Gasteiger partial charge in [-0.15, -0.1) is 0 Å². The number of pyridine rings is 1. The van der Waals surface area contributed by atoms with Gasteiger partial charge in [0.2, 0.25) is 0 Å². The number of nitrogens with zero attached hydrogens (tertiary/aromatic N) is 2. The first-order chi connectivity index (χ1) is 19.4. The number of carbonyl (C=O) groups excluding carboxylic acids is 2. The largest absolute Gasteiger partial charge is 0.496 e. The van der Waals surface area contributed by atoms with E-state index in [0.717, 1.165) is 27.7 Å². The summed E-state index contributed by atoms with van der Waals surface area (Å²) in [6.45, 7) is 0. The highest BCUT2D eigenvalue weighted by atomic mass is 19.1. The van der Waals surface area contributed by atoms with Gasteiger partial charge in [0, 0.05) is 42.3 Å². The van der Waals surface area contributed by atoms with E-state index in [-0.39, 0.29) is 30.2 Å². The molecule has 0 aliphatic heterocycles. The summed E-state index contributed by atoms with van der Waals surface area (Å²) < 4.78 is 25.0. The standard InChI is InChI=1S/C32H26FN3O4/c1-39-29-19-27-25(18-24(29)26-10-15-35-36-26)28(11-14-34-27)40-23-8-4-21(5-9-23)17-31(38)32(12-13-32)30(37)16-20-2-6-22(33)7-3-20/h2-11,14-15,18-19H,12-13,16-17H2,1H3,(H,35,36). The number of nitrogens with one attached hydrogen (secondary N) is 1. The molecule has 7 nitrogen and oxygen atoms in total. The summed E-state index contributed by atoms with van der Waals surface area (Å²) in [5, 5.41) is 7.81. The van der Waals surface area contributed by atoms with Crippen LogP contribution in [0, 0.1) is 11.2 Å². The molecule has 0 spiro atoms. The normalized spacial score (nSPS) is 13.7. The Hall–Kier alpha value is -4.85. The molecule has 40 heavy (non-hydrogen) atoms. The van der Waals surface area contributed by atoms with E-state index in [1.165, 1.54) is 12.1 Å². The summed E-state index contributed by atoms with van der Waals surface area (Å²) >= 11 is 0. The van der Waals surface area contributed by atoms with E-state index in [1.54, 1.807) is 37.7 Å². The highest BCUT2D eigenvalue weighted by Crippen LogP contribution is 2.49. The fourth-order valence-electron chi connectivity index (χ4n) is 4.97. The number of methoxy groups -OCH3 is 1. The van der Waals surface area contributed by atoms with Crippen molar-refractivity contribution < 1.29 is 23.5 Å². The van der Waals surface area contributed by atoms with Crippen molar-refractivity contribution in [2.45, 2.75) is 25.7 Å². The highest BCUT2D eigenvalue weighted by molar-refractivity contribution is 6.11. The van der Waals surface area contributed by atoms with Gasteiger partial charge in [-0.25, -0.2) is 4.39 Å². The quantitative estimate of drug-likeness (QED) is 0.212. The minimum atomic E-state index is -0.924. The molecule has 0 radical (unpaired) electrons. The maximum absolute atomic E-state index is 13.2. The number of hydrogen-bond acceptors (Lipinski definition) is 6. The summed E-state index contributed by atoms with van der Waals surface area (Å²) in [5.41, 5.74) is 2.97. The number of ether oxygens (including phenoxy) is 2. The molecule has 0 bridgehead atoms. The van der Waals surface area contributed by atoms with Gasteiger partial charge in [-0.2, -0.15) is 5.10 Å². The van der Waals surface area contributed by atoms with Crippen LogP contribution < -0.4 is 9.47 Å². The third-order valence-electron chi connectivity index (χ3n) is 7.43. The Morgan fingerprint density at radius 2 is 1.55 bits per heavy atom. The molecule has 2 heterocycles. The average Bonchev–Trinajstić information content (AvgIpc) is 3.62. The first-order valence-corrected chi connectivity index (χ1v) is 13.0. The number of aromatic nitrogens is 3.